The van der Waals surface area contributed by atoms with Crippen LogP contribution in [-0.4, -0.2) is 34.3 Å². The smallest absolute Gasteiger partial charge is 0.303 e. The van der Waals surface area contributed by atoms with E-state index < -0.39 is 5.97 Å². The third-order valence-electron chi connectivity index (χ3n) is 2.71. The van der Waals surface area contributed by atoms with Crippen molar-refractivity contribution in [1.29, 1.82) is 0 Å². The topological polar surface area (TPSA) is 74.7 Å². The van der Waals surface area contributed by atoms with Gasteiger partial charge in [0.2, 0.25) is 0 Å². The summed E-state index contributed by atoms with van der Waals surface area (Å²) < 4.78 is 0. The summed E-state index contributed by atoms with van der Waals surface area (Å²) in [6.45, 7) is 2.06. The fraction of sp³-hybridized carbons (Fsp3) is 0.583. The third-order valence-corrected chi connectivity index (χ3v) is 2.71. The zero-order valence-electron chi connectivity index (χ0n) is 9.94. The minimum absolute atomic E-state index is 0.183. The average Bonchev–Trinajstić information content (AvgIpc) is 2.48. The number of aliphatic carboxylic acids is 1. The van der Waals surface area contributed by atoms with E-state index in [1.54, 1.807) is 6.92 Å². The number of unbranched alkanes of at least 4 members (excludes halogenated alkanes) is 3. The van der Waals surface area contributed by atoms with Gasteiger partial charge in [0.05, 0.1) is 0 Å². The van der Waals surface area contributed by atoms with E-state index in [9.17, 15) is 14.4 Å². The Morgan fingerprint density at radius 2 is 1.88 bits per heavy atom. The van der Waals surface area contributed by atoms with E-state index in [2.05, 4.69) is 0 Å². The van der Waals surface area contributed by atoms with Crippen molar-refractivity contribution in [3.8, 4) is 0 Å². The molecule has 0 fully saturated rings. The Morgan fingerprint density at radius 3 is 2.41 bits per heavy atom. The molecule has 0 aromatic heterocycles. The second-order valence-corrected chi connectivity index (χ2v) is 4.18. The molecule has 0 saturated carbocycles. The quantitative estimate of drug-likeness (QED) is 0.537. The Balaban J connectivity index is 2.14. The molecule has 17 heavy (non-hydrogen) atoms. The van der Waals surface area contributed by atoms with Crippen LogP contribution >= 0.6 is 0 Å². The Kier molecular flexibility index (Phi) is 4.87. The first kappa shape index (κ1) is 13.4. The number of hydrogen-bond donors (Lipinski definition) is 1. The predicted molar refractivity (Wildman–Crippen MR) is 61.2 cm³/mol. The Labute approximate surface area is 100 Å². The maximum Gasteiger partial charge on any atom is 0.303 e. The summed E-state index contributed by atoms with van der Waals surface area (Å²) in [6, 6.07) is 0. The number of rotatable bonds is 7. The van der Waals surface area contributed by atoms with Crippen LogP contribution in [0.15, 0.2) is 11.6 Å². The Morgan fingerprint density at radius 1 is 1.24 bits per heavy atom. The molecule has 1 rings (SSSR count). The number of imide groups is 1. The van der Waals surface area contributed by atoms with Gasteiger partial charge in [-0.15, -0.1) is 0 Å². The molecule has 1 N–H and O–H groups in total. The first-order valence-corrected chi connectivity index (χ1v) is 5.78. The van der Waals surface area contributed by atoms with Crippen LogP contribution in [0.1, 0.15) is 39.0 Å². The fourth-order valence-corrected chi connectivity index (χ4v) is 1.75. The zero-order valence-corrected chi connectivity index (χ0v) is 9.94. The molecule has 5 heteroatoms. The maximum atomic E-state index is 11.5. The Hall–Kier alpha value is -1.65. The largest absolute Gasteiger partial charge is 0.481 e. The predicted octanol–water partition coefficient (Wildman–Crippen LogP) is 1.34. The van der Waals surface area contributed by atoms with E-state index in [-0.39, 0.29) is 18.2 Å². The minimum atomic E-state index is -0.783. The van der Waals surface area contributed by atoms with Crippen molar-refractivity contribution in [2.75, 3.05) is 6.54 Å². The van der Waals surface area contributed by atoms with Gasteiger partial charge in [-0.25, -0.2) is 0 Å². The number of carbonyl (C=O) groups excluding carboxylic acids is 2. The molecule has 0 bridgehead atoms. The molecule has 0 unspecified atom stereocenters. The molecule has 0 atom stereocenters. The van der Waals surface area contributed by atoms with Crippen molar-refractivity contribution < 1.29 is 19.5 Å². The van der Waals surface area contributed by atoms with Gasteiger partial charge in [-0.05, 0) is 19.8 Å². The van der Waals surface area contributed by atoms with Crippen LogP contribution in [0.25, 0.3) is 0 Å². The number of amides is 2. The summed E-state index contributed by atoms with van der Waals surface area (Å²) >= 11 is 0. The van der Waals surface area contributed by atoms with Gasteiger partial charge in [0.1, 0.15) is 0 Å². The van der Waals surface area contributed by atoms with Crippen LogP contribution in [0.2, 0.25) is 0 Å². The average molecular weight is 239 g/mol. The lowest BCUT2D eigenvalue weighted by Crippen LogP contribution is -2.31. The molecule has 5 nitrogen and oxygen atoms in total. The van der Waals surface area contributed by atoms with Crippen molar-refractivity contribution in [3.63, 3.8) is 0 Å². The van der Waals surface area contributed by atoms with Gasteiger partial charge in [0.25, 0.3) is 11.8 Å². The summed E-state index contributed by atoms with van der Waals surface area (Å²) in [5.74, 6) is -1.23. The highest BCUT2D eigenvalue weighted by Gasteiger charge is 2.27. The minimum Gasteiger partial charge on any atom is -0.481 e. The summed E-state index contributed by atoms with van der Waals surface area (Å²) in [5.41, 5.74) is 0.487. The molecule has 1 aliphatic heterocycles. The van der Waals surface area contributed by atoms with Crippen molar-refractivity contribution in [2.24, 2.45) is 0 Å². The molecule has 94 valence electrons. The van der Waals surface area contributed by atoms with E-state index in [0.29, 0.717) is 18.5 Å². The molecule has 0 spiro atoms. The zero-order chi connectivity index (χ0) is 12.8. The molecule has 2 amide bonds. The third kappa shape index (κ3) is 4.01. The van der Waals surface area contributed by atoms with Crippen molar-refractivity contribution >= 4 is 17.8 Å². The van der Waals surface area contributed by atoms with Gasteiger partial charge < -0.3 is 5.11 Å². The Bertz CT molecular complexity index is 360. The highest BCUT2D eigenvalue weighted by Crippen LogP contribution is 2.13. The van der Waals surface area contributed by atoms with Crippen molar-refractivity contribution in [3.05, 3.63) is 11.6 Å². The van der Waals surface area contributed by atoms with Gasteiger partial charge in [0.15, 0.2) is 0 Å². The lowest BCUT2D eigenvalue weighted by atomic mass is 10.1. The van der Waals surface area contributed by atoms with Crippen LogP contribution < -0.4 is 0 Å². The van der Waals surface area contributed by atoms with Gasteiger partial charge in [-0.1, -0.05) is 12.8 Å². The van der Waals surface area contributed by atoms with Crippen molar-refractivity contribution in [2.45, 2.75) is 39.0 Å². The lowest BCUT2D eigenvalue weighted by molar-refractivity contribution is -0.138. The van der Waals surface area contributed by atoms with E-state index >= 15 is 0 Å². The number of carboxylic acids is 1. The molecular formula is C12H17NO4. The molecule has 1 heterocycles. The van der Waals surface area contributed by atoms with Crippen LogP contribution in [0.4, 0.5) is 0 Å². The number of carboxylic acid groups (broad SMARTS) is 1. The summed E-state index contributed by atoms with van der Waals surface area (Å²) in [6.07, 6.45) is 4.57. The number of carbonyl (C=O) groups is 3. The van der Waals surface area contributed by atoms with Gasteiger partial charge in [-0.3, -0.25) is 19.3 Å². The summed E-state index contributed by atoms with van der Waals surface area (Å²) in [7, 11) is 0. The standard InChI is InChI=1S/C12H17NO4/c1-9-8-10(14)13(12(9)17)7-5-3-2-4-6-11(15)16/h8H,2-7H2,1H3,(H,15,16). The van der Waals surface area contributed by atoms with Crippen LogP contribution in [0.3, 0.4) is 0 Å². The van der Waals surface area contributed by atoms with Gasteiger partial charge in [-0.2, -0.15) is 0 Å². The highest BCUT2D eigenvalue weighted by molar-refractivity contribution is 6.15. The molecule has 0 aromatic carbocycles. The maximum absolute atomic E-state index is 11.5. The van der Waals surface area contributed by atoms with Crippen molar-refractivity contribution in [1.82, 2.24) is 4.90 Å². The molecular weight excluding hydrogens is 222 g/mol. The molecule has 1 aliphatic rings. The number of nitrogens with zero attached hydrogens (tertiary/aromatic N) is 1. The fourth-order valence-electron chi connectivity index (χ4n) is 1.75. The van der Waals surface area contributed by atoms with Crippen LogP contribution in [0.5, 0.6) is 0 Å². The second kappa shape index (κ2) is 6.18. The van der Waals surface area contributed by atoms with E-state index in [4.69, 9.17) is 5.11 Å². The summed E-state index contributed by atoms with van der Waals surface area (Å²) in [4.78, 5) is 34.3. The van der Waals surface area contributed by atoms with E-state index in [0.717, 1.165) is 19.3 Å². The van der Waals surface area contributed by atoms with E-state index in [1.807, 2.05) is 0 Å². The monoisotopic (exact) mass is 239 g/mol. The SMILES string of the molecule is CC1=CC(=O)N(CCCCCCC(=O)O)C1=O. The number of hydrogen-bond acceptors (Lipinski definition) is 3. The summed E-state index contributed by atoms with van der Waals surface area (Å²) in [5, 5.41) is 8.44. The van der Waals surface area contributed by atoms with Crippen LogP contribution in [0, 0.1) is 0 Å². The molecule has 0 aromatic rings. The lowest BCUT2D eigenvalue weighted by Gasteiger charge is -2.13. The van der Waals surface area contributed by atoms with Crippen LogP contribution in [-0.2, 0) is 14.4 Å². The first-order valence-electron chi connectivity index (χ1n) is 5.78. The normalized spacial score (nSPS) is 15.4. The van der Waals surface area contributed by atoms with Gasteiger partial charge >= 0.3 is 5.97 Å². The second-order valence-electron chi connectivity index (χ2n) is 4.18. The molecule has 0 aliphatic carbocycles. The van der Waals surface area contributed by atoms with Gasteiger partial charge in [0, 0.05) is 24.6 Å². The molecule has 0 saturated heterocycles. The van der Waals surface area contributed by atoms with E-state index in [1.165, 1.54) is 11.0 Å². The molecule has 0 radical (unpaired) electrons. The highest BCUT2D eigenvalue weighted by atomic mass is 16.4. The first-order chi connectivity index (χ1) is 8.02.